The molecule has 1 fully saturated rings. The molecule has 2 aromatic carbocycles. The second-order valence-corrected chi connectivity index (χ2v) is 7.65. The van der Waals surface area contributed by atoms with E-state index in [4.69, 9.17) is 0 Å². The van der Waals surface area contributed by atoms with E-state index >= 15 is 0 Å². The van der Waals surface area contributed by atoms with Crippen LogP contribution in [0.1, 0.15) is 32.0 Å². The lowest BCUT2D eigenvalue weighted by Gasteiger charge is -2.26. The third-order valence-electron chi connectivity index (χ3n) is 5.25. The van der Waals surface area contributed by atoms with Gasteiger partial charge in [-0.15, -0.1) is 0 Å². The Morgan fingerprint density at radius 1 is 1.00 bits per heavy atom. The van der Waals surface area contributed by atoms with Gasteiger partial charge in [-0.25, -0.2) is 4.68 Å². The van der Waals surface area contributed by atoms with Crippen molar-refractivity contribution in [2.45, 2.75) is 12.7 Å². The molecule has 2 N–H and O–H groups in total. The fourth-order valence-electron chi connectivity index (χ4n) is 3.43. The van der Waals surface area contributed by atoms with Crippen molar-refractivity contribution >= 4 is 17.7 Å². The van der Waals surface area contributed by atoms with Gasteiger partial charge < -0.3 is 15.5 Å². The molecule has 1 aromatic heterocycles. The molecule has 0 spiro atoms. The zero-order valence-electron chi connectivity index (χ0n) is 17.8. The van der Waals surface area contributed by atoms with E-state index in [0.717, 1.165) is 16.3 Å². The molecule has 1 aliphatic rings. The first-order chi connectivity index (χ1) is 16.2. The fourth-order valence-corrected chi connectivity index (χ4v) is 3.43. The SMILES string of the molecule is O=C1CN(C(=O)c2ccc(CNC(=O)c3ccc(-n4ccc(C(F)(F)F)n4)cc3)cc2)CCN1. The van der Waals surface area contributed by atoms with Crippen LogP contribution in [-0.2, 0) is 17.5 Å². The highest BCUT2D eigenvalue weighted by Crippen LogP contribution is 2.27. The summed E-state index contributed by atoms with van der Waals surface area (Å²) in [4.78, 5) is 37.9. The normalized spacial score (nSPS) is 14.0. The molecule has 0 atom stereocenters. The zero-order valence-corrected chi connectivity index (χ0v) is 17.8. The maximum Gasteiger partial charge on any atom is 0.435 e. The van der Waals surface area contributed by atoms with Gasteiger partial charge in [0.1, 0.15) is 0 Å². The number of nitrogens with zero attached hydrogens (tertiary/aromatic N) is 3. The van der Waals surface area contributed by atoms with Gasteiger partial charge in [0.15, 0.2) is 5.69 Å². The van der Waals surface area contributed by atoms with Crippen molar-refractivity contribution < 1.29 is 27.6 Å². The molecule has 0 bridgehead atoms. The molecule has 3 amide bonds. The summed E-state index contributed by atoms with van der Waals surface area (Å²) in [6, 6.07) is 13.6. The highest BCUT2D eigenvalue weighted by Gasteiger charge is 2.33. The quantitative estimate of drug-likeness (QED) is 0.597. The van der Waals surface area contributed by atoms with E-state index in [1.165, 1.54) is 35.4 Å². The van der Waals surface area contributed by atoms with Crippen LogP contribution in [0.15, 0.2) is 60.8 Å². The second-order valence-electron chi connectivity index (χ2n) is 7.65. The summed E-state index contributed by atoms with van der Waals surface area (Å²) in [7, 11) is 0. The van der Waals surface area contributed by atoms with Gasteiger partial charge in [0, 0.05) is 37.0 Å². The Morgan fingerprint density at radius 2 is 1.68 bits per heavy atom. The third-order valence-corrected chi connectivity index (χ3v) is 5.25. The lowest BCUT2D eigenvalue weighted by atomic mass is 10.1. The van der Waals surface area contributed by atoms with Crippen molar-refractivity contribution in [3.8, 4) is 5.69 Å². The van der Waals surface area contributed by atoms with E-state index in [1.54, 1.807) is 24.3 Å². The number of benzene rings is 2. The predicted molar refractivity (Wildman–Crippen MR) is 115 cm³/mol. The summed E-state index contributed by atoms with van der Waals surface area (Å²) in [5.74, 6) is -0.782. The third kappa shape index (κ3) is 5.25. The number of carbonyl (C=O) groups excluding carboxylic acids is 3. The minimum atomic E-state index is -4.53. The summed E-state index contributed by atoms with van der Waals surface area (Å²) in [5, 5.41) is 8.93. The number of rotatable bonds is 5. The van der Waals surface area contributed by atoms with E-state index in [2.05, 4.69) is 15.7 Å². The molecule has 0 aliphatic carbocycles. The van der Waals surface area contributed by atoms with Crippen LogP contribution in [0.2, 0.25) is 0 Å². The van der Waals surface area contributed by atoms with Crippen LogP contribution in [0.3, 0.4) is 0 Å². The summed E-state index contributed by atoms with van der Waals surface area (Å²) in [6.07, 6.45) is -3.33. The first kappa shape index (κ1) is 23.0. The molecule has 1 saturated heterocycles. The van der Waals surface area contributed by atoms with Crippen molar-refractivity contribution in [1.82, 2.24) is 25.3 Å². The van der Waals surface area contributed by atoms with E-state index in [1.807, 2.05) is 0 Å². The lowest BCUT2D eigenvalue weighted by molar-refractivity contribution is -0.141. The fraction of sp³-hybridized carbons (Fsp3) is 0.217. The van der Waals surface area contributed by atoms with Crippen molar-refractivity contribution in [3.63, 3.8) is 0 Å². The number of aromatic nitrogens is 2. The summed E-state index contributed by atoms with van der Waals surface area (Å²) < 4.78 is 39.2. The number of hydrogen-bond acceptors (Lipinski definition) is 4. The number of alkyl halides is 3. The van der Waals surface area contributed by atoms with Crippen LogP contribution in [0.5, 0.6) is 0 Å². The van der Waals surface area contributed by atoms with Gasteiger partial charge in [0.25, 0.3) is 11.8 Å². The Morgan fingerprint density at radius 3 is 2.29 bits per heavy atom. The zero-order chi connectivity index (χ0) is 24.3. The molecule has 11 heteroatoms. The molecule has 34 heavy (non-hydrogen) atoms. The number of nitrogens with one attached hydrogen (secondary N) is 2. The van der Waals surface area contributed by atoms with Gasteiger partial charge in [0.05, 0.1) is 12.2 Å². The van der Waals surface area contributed by atoms with Gasteiger partial charge in [-0.3, -0.25) is 14.4 Å². The van der Waals surface area contributed by atoms with Crippen LogP contribution in [0.25, 0.3) is 5.69 Å². The summed E-state index contributed by atoms with van der Waals surface area (Å²) in [5.41, 5.74) is 0.950. The van der Waals surface area contributed by atoms with Crippen LogP contribution in [-0.4, -0.2) is 52.0 Å². The average Bonchev–Trinajstić information content (AvgIpc) is 3.34. The van der Waals surface area contributed by atoms with E-state index in [-0.39, 0.29) is 30.8 Å². The van der Waals surface area contributed by atoms with Crippen molar-refractivity contribution in [1.29, 1.82) is 0 Å². The molecule has 8 nitrogen and oxygen atoms in total. The minimum absolute atomic E-state index is 0.0271. The van der Waals surface area contributed by atoms with Crippen LogP contribution >= 0.6 is 0 Å². The molecule has 0 saturated carbocycles. The number of carbonyl (C=O) groups is 3. The van der Waals surface area contributed by atoms with E-state index in [0.29, 0.717) is 29.9 Å². The van der Waals surface area contributed by atoms with Gasteiger partial charge in [0.2, 0.25) is 5.91 Å². The average molecular weight is 471 g/mol. The molecule has 176 valence electrons. The number of amides is 3. The number of hydrogen-bond donors (Lipinski definition) is 2. The molecule has 0 radical (unpaired) electrons. The van der Waals surface area contributed by atoms with Gasteiger partial charge in [-0.05, 0) is 48.0 Å². The van der Waals surface area contributed by atoms with Crippen molar-refractivity contribution in [3.05, 3.63) is 83.2 Å². The Hall–Kier alpha value is -4.15. The number of piperazine rings is 1. The predicted octanol–water partition coefficient (Wildman–Crippen LogP) is 2.39. The standard InChI is InChI=1S/C23H20F3N5O3/c24-23(25,26)19-9-11-31(29-19)18-7-5-16(6-8-18)21(33)28-13-15-1-3-17(4-2-15)22(34)30-12-10-27-20(32)14-30/h1-9,11H,10,12-14H2,(H,27,32)(H,28,33). The molecule has 4 rings (SSSR count). The smallest absolute Gasteiger partial charge is 0.353 e. The second kappa shape index (κ2) is 9.38. The van der Waals surface area contributed by atoms with Crippen molar-refractivity contribution in [2.24, 2.45) is 0 Å². The van der Waals surface area contributed by atoms with Gasteiger partial charge in [-0.2, -0.15) is 18.3 Å². The highest BCUT2D eigenvalue weighted by atomic mass is 19.4. The topological polar surface area (TPSA) is 96.3 Å². The molecule has 3 aromatic rings. The minimum Gasteiger partial charge on any atom is -0.353 e. The lowest BCUT2D eigenvalue weighted by Crippen LogP contribution is -2.49. The Bertz CT molecular complexity index is 1200. The maximum absolute atomic E-state index is 12.7. The molecular weight excluding hydrogens is 451 g/mol. The monoisotopic (exact) mass is 471 g/mol. The molecule has 0 unspecified atom stereocenters. The Labute approximate surface area is 192 Å². The van der Waals surface area contributed by atoms with Crippen LogP contribution in [0.4, 0.5) is 13.2 Å². The molecule has 1 aliphatic heterocycles. The Balaban J connectivity index is 1.33. The molecular formula is C23H20F3N5O3. The number of halogens is 3. The first-order valence-electron chi connectivity index (χ1n) is 10.4. The van der Waals surface area contributed by atoms with Crippen LogP contribution < -0.4 is 10.6 Å². The van der Waals surface area contributed by atoms with E-state index in [9.17, 15) is 27.6 Å². The molecule has 2 heterocycles. The maximum atomic E-state index is 12.7. The summed E-state index contributed by atoms with van der Waals surface area (Å²) in [6.45, 7) is 1.12. The van der Waals surface area contributed by atoms with Gasteiger partial charge in [-0.1, -0.05) is 12.1 Å². The van der Waals surface area contributed by atoms with E-state index < -0.39 is 11.9 Å². The highest BCUT2D eigenvalue weighted by molar-refractivity contribution is 5.97. The Kier molecular flexibility index (Phi) is 6.35. The van der Waals surface area contributed by atoms with Gasteiger partial charge >= 0.3 is 6.18 Å². The van der Waals surface area contributed by atoms with Crippen molar-refractivity contribution in [2.75, 3.05) is 19.6 Å². The summed E-state index contributed by atoms with van der Waals surface area (Å²) >= 11 is 0. The van der Waals surface area contributed by atoms with Crippen LogP contribution in [0, 0.1) is 0 Å². The first-order valence-corrected chi connectivity index (χ1v) is 10.4. The largest absolute Gasteiger partial charge is 0.435 e.